The Morgan fingerprint density at radius 3 is 2.64 bits per heavy atom. The minimum absolute atomic E-state index is 0.473. The van der Waals surface area contributed by atoms with E-state index in [1.165, 1.54) is 5.69 Å². The number of thioether (sulfide) groups is 1. The van der Waals surface area contributed by atoms with E-state index in [1.807, 2.05) is 18.0 Å². The highest BCUT2D eigenvalue weighted by molar-refractivity contribution is 7.98. The molecule has 0 saturated heterocycles. The number of hydrogen-bond acceptors (Lipinski definition) is 2. The van der Waals surface area contributed by atoms with Crippen molar-refractivity contribution in [3.63, 3.8) is 0 Å². The zero-order chi connectivity index (χ0) is 10.7. The molecule has 0 amide bonds. The maximum Gasteiger partial charge on any atom is 0.177 e. The number of hydrogen-bond donors (Lipinski definition) is 1. The van der Waals surface area contributed by atoms with Gasteiger partial charge in [-0.05, 0) is 31.3 Å². The summed E-state index contributed by atoms with van der Waals surface area (Å²) in [6.45, 7) is 6.60. The van der Waals surface area contributed by atoms with Crippen LogP contribution in [-0.4, -0.2) is 21.6 Å². The third-order valence-corrected chi connectivity index (χ3v) is 3.41. The van der Waals surface area contributed by atoms with Crippen molar-refractivity contribution < 1.29 is 0 Å². The molecule has 0 spiro atoms. The summed E-state index contributed by atoms with van der Waals surface area (Å²) in [6.07, 6.45) is 4.16. The van der Waals surface area contributed by atoms with Crippen LogP contribution in [0.1, 0.15) is 38.4 Å². The molecule has 0 aliphatic carbocycles. The molecule has 1 aromatic rings. The van der Waals surface area contributed by atoms with Gasteiger partial charge in [0.25, 0.3) is 0 Å². The number of nitrogens with one attached hydrogen (secondary N) is 1. The summed E-state index contributed by atoms with van der Waals surface area (Å²) < 4.78 is 3.08. The lowest BCUT2D eigenvalue weighted by Gasteiger charge is -2.17. The molecule has 1 heterocycles. The highest BCUT2D eigenvalue weighted by atomic mass is 32.2. The van der Waals surface area contributed by atoms with Gasteiger partial charge in [0.15, 0.2) is 4.77 Å². The first kappa shape index (κ1) is 11.9. The number of nitrogens with zero attached hydrogens (tertiary/aromatic N) is 1. The van der Waals surface area contributed by atoms with Crippen LogP contribution in [-0.2, 0) is 0 Å². The lowest BCUT2D eigenvalue weighted by atomic mass is 10.1. The van der Waals surface area contributed by atoms with E-state index in [1.54, 1.807) is 0 Å². The minimum atomic E-state index is 0.473. The van der Waals surface area contributed by atoms with E-state index in [2.05, 4.69) is 36.6 Å². The van der Waals surface area contributed by atoms with Crippen LogP contribution in [0, 0.1) is 4.77 Å². The van der Waals surface area contributed by atoms with Crippen LogP contribution in [0.5, 0.6) is 0 Å². The first-order chi connectivity index (χ1) is 6.57. The fourth-order valence-electron chi connectivity index (χ4n) is 1.61. The summed E-state index contributed by atoms with van der Waals surface area (Å²) in [5.74, 6) is 1.62. The second kappa shape index (κ2) is 5.03. The van der Waals surface area contributed by atoms with E-state index >= 15 is 0 Å². The highest BCUT2D eigenvalue weighted by Gasteiger charge is 2.12. The van der Waals surface area contributed by atoms with Crippen molar-refractivity contribution in [3.05, 3.63) is 16.7 Å². The molecule has 80 valence electrons. The second-order valence-corrected chi connectivity index (χ2v) is 5.15. The third-order valence-electron chi connectivity index (χ3n) is 2.28. The highest BCUT2D eigenvalue weighted by Crippen LogP contribution is 2.21. The van der Waals surface area contributed by atoms with E-state index < -0.39 is 0 Å². The molecular formula is C10H18N2S2. The molecule has 0 aliphatic rings. The van der Waals surface area contributed by atoms with Gasteiger partial charge in [-0.2, -0.15) is 11.8 Å². The normalized spacial score (nSPS) is 13.5. The molecule has 1 rings (SSSR count). The van der Waals surface area contributed by atoms with Gasteiger partial charge in [-0.3, -0.25) is 0 Å². The topological polar surface area (TPSA) is 20.7 Å². The lowest BCUT2D eigenvalue weighted by molar-refractivity contribution is 0.559. The van der Waals surface area contributed by atoms with Crippen molar-refractivity contribution in [1.82, 2.24) is 9.55 Å². The summed E-state index contributed by atoms with van der Waals surface area (Å²) in [5, 5.41) is 0. The molecule has 0 aliphatic heterocycles. The molecule has 4 heteroatoms. The van der Waals surface area contributed by atoms with Crippen LogP contribution in [0.2, 0.25) is 0 Å². The summed E-state index contributed by atoms with van der Waals surface area (Å²) in [6, 6.07) is 0.473. The summed E-state index contributed by atoms with van der Waals surface area (Å²) in [7, 11) is 0. The van der Waals surface area contributed by atoms with Crippen molar-refractivity contribution in [3.8, 4) is 0 Å². The summed E-state index contributed by atoms with van der Waals surface area (Å²) in [5.41, 5.74) is 1.30. The van der Waals surface area contributed by atoms with E-state index in [-0.39, 0.29) is 0 Å². The molecule has 0 aromatic carbocycles. The van der Waals surface area contributed by atoms with Crippen LogP contribution in [0.25, 0.3) is 0 Å². The number of rotatable bonds is 4. The number of imidazole rings is 1. The molecule has 0 fully saturated rings. The standard InChI is InChI=1S/C10H18N2S2/c1-7(2)9-5-11-10(13)12(9)8(3)6-14-4/h5,7-8H,6H2,1-4H3,(H,11,13). The second-order valence-electron chi connectivity index (χ2n) is 3.85. The molecule has 1 unspecified atom stereocenters. The predicted molar refractivity (Wildman–Crippen MR) is 66.8 cm³/mol. The molecular weight excluding hydrogens is 212 g/mol. The Hall–Kier alpha value is -0.220. The van der Waals surface area contributed by atoms with Gasteiger partial charge in [0, 0.05) is 23.7 Å². The fraction of sp³-hybridized carbons (Fsp3) is 0.700. The van der Waals surface area contributed by atoms with E-state index in [0.29, 0.717) is 12.0 Å². The largest absolute Gasteiger partial charge is 0.337 e. The van der Waals surface area contributed by atoms with E-state index in [9.17, 15) is 0 Å². The zero-order valence-electron chi connectivity index (χ0n) is 9.20. The third kappa shape index (κ3) is 2.42. The first-order valence-corrected chi connectivity index (χ1v) is 6.66. The average Bonchev–Trinajstić information content (AvgIpc) is 2.47. The SMILES string of the molecule is CSCC(C)n1c(C(C)C)c[nH]c1=S. The molecule has 14 heavy (non-hydrogen) atoms. The van der Waals surface area contributed by atoms with Crippen LogP contribution in [0.4, 0.5) is 0 Å². The number of H-pyrrole nitrogens is 1. The molecule has 1 aromatic heterocycles. The molecule has 0 saturated carbocycles. The number of aromatic amines is 1. The number of aromatic nitrogens is 2. The molecule has 2 nitrogen and oxygen atoms in total. The van der Waals surface area contributed by atoms with Gasteiger partial charge < -0.3 is 9.55 Å². The van der Waals surface area contributed by atoms with Crippen molar-refractivity contribution in [2.45, 2.75) is 32.7 Å². The van der Waals surface area contributed by atoms with Gasteiger partial charge in [0.2, 0.25) is 0 Å². The Morgan fingerprint density at radius 1 is 1.50 bits per heavy atom. The Morgan fingerprint density at radius 2 is 2.14 bits per heavy atom. The van der Waals surface area contributed by atoms with Crippen molar-refractivity contribution in [2.75, 3.05) is 12.0 Å². The molecule has 1 atom stereocenters. The van der Waals surface area contributed by atoms with E-state index in [4.69, 9.17) is 12.2 Å². The summed E-state index contributed by atoms with van der Waals surface area (Å²) in [4.78, 5) is 3.13. The Balaban J connectivity index is 3.04. The maximum atomic E-state index is 5.28. The van der Waals surface area contributed by atoms with E-state index in [0.717, 1.165) is 10.5 Å². The van der Waals surface area contributed by atoms with Crippen LogP contribution in [0.3, 0.4) is 0 Å². The Bertz CT molecular complexity index is 338. The van der Waals surface area contributed by atoms with Gasteiger partial charge >= 0.3 is 0 Å². The molecule has 0 radical (unpaired) electrons. The van der Waals surface area contributed by atoms with Gasteiger partial charge in [-0.25, -0.2) is 0 Å². The summed E-state index contributed by atoms with van der Waals surface area (Å²) >= 11 is 7.14. The fourth-order valence-corrected chi connectivity index (χ4v) is 2.58. The average molecular weight is 230 g/mol. The van der Waals surface area contributed by atoms with Crippen molar-refractivity contribution in [1.29, 1.82) is 0 Å². The molecule has 1 N–H and O–H groups in total. The van der Waals surface area contributed by atoms with Crippen LogP contribution < -0.4 is 0 Å². The Kier molecular flexibility index (Phi) is 4.26. The first-order valence-electron chi connectivity index (χ1n) is 4.86. The van der Waals surface area contributed by atoms with Gasteiger partial charge in [0.1, 0.15) is 0 Å². The predicted octanol–water partition coefficient (Wildman–Crippen LogP) is 3.59. The van der Waals surface area contributed by atoms with Gasteiger partial charge in [0.05, 0.1) is 0 Å². The van der Waals surface area contributed by atoms with Crippen LogP contribution in [0.15, 0.2) is 6.20 Å². The molecule has 0 bridgehead atoms. The lowest BCUT2D eigenvalue weighted by Crippen LogP contribution is -2.12. The zero-order valence-corrected chi connectivity index (χ0v) is 10.8. The Labute approximate surface area is 95.1 Å². The quantitative estimate of drug-likeness (QED) is 0.798. The minimum Gasteiger partial charge on any atom is -0.337 e. The van der Waals surface area contributed by atoms with Crippen LogP contribution >= 0.6 is 24.0 Å². The monoisotopic (exact) mass is 230 g/mol. The smallest absolute Gasteiger partial charge is 0.177 e. The van der Waals surface area contributed by atoms with Crippen molar-refractivity contribution in [2.24, 2.45) is 0 Å². The van der Waals surface area contributed by atoms with Gasteiger partial charge in [-0.1, -0.05) is 13.8 Å². The van der Waals surface area contributed by atoms with Gasteiger partial charge in [-0.15, -0.1) is 0 Å². The maximum absolute atomic E-state index is 5.28. The van der Waals surface area contributed by atoms with Crippen molar-refractivity contribution >= 4 is 24.0 Å².